The summed E-state index contributed by atoms with van der Waals surface area (Å²) in [5, 5.41) is 0. The highest BCUT2D eigenvalue weighted by Crippen LogP contribution is 2.18. The van der Waals surface area contributed by atoms with Crippen LogP contribution in [0.3, 0.4) is 0 Å². The van der Waals surface area contributed by atoms with Gasteiger partial charge in [-0.3, -0.25) is 0 Å². The summed E-state index contributed by atoms with van der Waals surface area (Å²) < 4.78 is 39.7. The monoisotopic (exact) mass is 308 g/mol. The van der Waals surface area contributed by atoms with Crippen LogP contribution in [-0.2, 0) is 16.6 Å². The summed E-state index contributed by atoms with van der Waals surface area (Å²) in [6.07, 6.45) is 0. The van der Waals surface area contributed by atoms with E-state index >= 15 is 0 Å². The highest BCUT2D eigenvalue weighted by molar-refractivity contribution is 7.89. The predicted octanol–water partition coefficient (Wildman–Crippen LogP) is 1.98. The molecule has 0 bridgehead atoms. The normalized spacial score (nSPS) is 11.8. The molecule has 0 aliphatic heterocycles. The molecule has 21 heavy (non-hydrogen) atoms. The van der Waals surface area contributed by atoms with Crippen molar-refractivity contribution in [2.75, 3.05) is 13.1 Å². The van der Waals surface area contributed by atoms with E-state index in [0.717, 1.165) is 11.6 Å². The fourth-order valence-electron chi connectivity index (χ4n) is 1.99. The van der Waals surface area contributed by atoms with Crippen molar-refractivity contribution in [1.82, 2.24) is 4.31 Å². The summed E-state index contributed by atoms with van der Waals surface area (Å²) in [4.78, 5) is -0.0631. The predicted molar refractivity (Wildman–Crippen MR) is 79.5 cm³/mol. The van der Waals surface area contributed by atoms with Crippen LogP contribution in [0.15, 0.2) is 59.5 Å². The molecule has 4 nitrogen and oxygen atoms in total. The van der Waals surface area contributed by atoms with Crippen molar-refractivity contribution in [3.8, 4) is 0 Å². The Labute approximate surface area is 124 Å². The molecule has 0 fully saturated rings. The minimum atomic E-state index is -3.77. The van der Waals surface area contributed by atoms with Crippen molar-refractivity contribution >= 4 is 10.0 Å². The minimum Gasteiger partial charge on any atom is -0.329 e. The van der Waals surface area contributed by atoms with Crippen molar-refractivity contribution in [3.63, 3.8) is 0 Å². The van der Waals surface area contributed by atoms with Crippen molar-refractivity contribution in [2.45, 2.75) is 11.4 Å². The molecule has 2 rings (SSSR count). The van der Waals surface area contributed by atoms with Crippen molar-refractivity contribution in [3.05, 3.63) is 66.0 Å². The summed E-state index contributed by atoms with van der Waals surface area (Å²) >= 11 is 0. The molecule has 0 aliphatic rings. The molecule has 2 aromatic carbocycles. The molecule has 0 saturated heterocycles. The largest absolute Gasteiger partial charge is 0.329 e. The van der Waals surface area contributed by atoms with Gasteiger partial charge in [0.25, 0.3) is 0 Å². The van der Waals surface area contributed by atoms with E-state index in [1.54, 1.807) is 0 Å². The summed E-state index contributed by atoms with van der Waals surface area (Å²) in [5.74, 6) is -0.580. The van der Waals surface area contributed by atoms with Crippen LogP contribution in [0.4, 0.5) is 4.39 Å². The molecule has 2 aromatic rings. The highest BCUT2D eigenvalue weighted by Gasteiger charge is 2.24. The van der Waals surface area contributed by atoms with Gasteiger partial charge in [-0.25, -0.2) is 12.8 Å². The molecule has 0 unspecified atom stereocenters. The van der Waals surface area contributed by atoms with E-state index < -0.39 is 15.8 Å². The van der Waals surface area contributed by atoms with Crippen LogP contribution in [0, 0.1) is 5.82 Å². The third-order valence-corrected chi connectivity index (χ3v) is 4.86. The Morgan fingerprint density at radius 2 is 1.76 bits per heavy atom. The zero-order valence-corrected chi connectivity index (χ0v) is 12.3. The van der Waals surface area contributed by atoms with Crippen molar-refractivity contribution in [1.29, 1.82) is 0 Å². The first kappa shape index (κ1) is 15.6. The zero-order valence-electron chi connectivity index (χ0n) is 11.4. The molecule has 0 radical (unpaired) electrons. The second kappa shape index (κ2) is 6.80. The first-order valence-electron chi connectivity index (χ1n) is 6.54. The maximum absolute atomic E-state index is 13.3. The first-order chi connectivity index (χ1) is 10.0. The number of hydrogen-bond acceptors (Lipinski definition) is 3. The molecule has 0 amide bonds. The average molecular weight is 308 g/mol. The highest BCUT2D eigenvalue weighted by atomic mass is 32.2. The van der Waals surface area contributed by atoms with Crippen molar-refractivity contribution in [2.24, 2.45) is 5.73 Å². The third kappa shape index (κ3) is 3.87. The zero-order chi connectivity index (χ0) is 15.3. The van der Waals surface area contributed by atoms with Crippen LogP contribution >= 0.6 is 0 Å². The van der Waals surface area contributed by atoms with Crippen LogP contribution < -0.4 is 5.73 Å². The van der Waals surface area contributed by atoms with E-state index in [0.29, 0.717) is 0 Å². The van der Waals surface area contributed by atoms with E-state index in [9.17, 15) is 12.8 Å². The lowest BCUT2D eigenvalue weighted by Crippen LogP contribution is -2.35. The fourth-order valence-corrected chi connectivity index (χ4v) is 3.47. The number of benzene rings is 2. The SMILES string of the molecule is NCCN(Cc1ccccc1)S(=O)(=O)c1cccc(F)c1. The number of nitrogens with two attached hydrogens (primary N) is 1. The number of hydrogen-bond donors (Lipinski definition) is 1. The molecule has 0 aromatic heterocycles. The Morgan fingerprint density at radius 3 is 2.38 bits per heavy atom. The van der Waals surface area contributed by atoms with Crippen LogP contribution in [0.2, 0.25) is 0 Å². The summed E-state index contributed by atoms with van der Waals surface area (Å²) in [7, 11) is -3.77. The smallest absolute Gasteiger partial charge is 0.243 e. The maximum atomic E-state index is 13.3. The third-order valence-electron chi connectivity index (χ3n) is 3.01. The summed E-state index contributed by atoms with van der Waals surface area (Å²) in [6.45, 7) is 0.575. The average Bonchev–Trinajstić information content (AvgIpc) is 2.48. The number of sulfonamides is 1. The van der Waals surface area contributed by atoms with Gasteiger partial charge in [-0.2, -0.15) is 4.31 Å². The second-order valence-electron chi connectivity index (χ2n) is 4.57. The van der Waals surface area contributed by atoms with Crippen LogP contribution in [0.1, 0.15) is 5.56 Å². The van der Waals surface area contributed by atoms with Gasteiger partial charge in [-0.05, 0) is 23.8 Å². The lowest BCUT2D eigenvalue weighted by molar-refractivity contribution is 0.413. The second-order valence-corrected chi connectivity index (χ2v) is 6.51. The Bertz CT molecular complexity index is 690. The summed E-state index contributed by atoms with van der Waals surface area (Å²) in [5.41, 5.74) is 6.36. The van der Waals surface area contributed by atoms with Gasteiger partial charge >= 0.3 is 0 Å². The number of rotatable bonds is 6. The quantitative estimate of drug-likeness (QED) is 0.887. The Kier molecular flexibility index (Phi) is 5.06. The van der Waals surface area contributed by atoms with Gasteiger partial charge in [0, 0.05) is 19.6 Å². The molecular formula is C15H17FN2O2S. The van der Waals surface area contributed by atoms with Gasteiger partial charge in [0.05, 0.1) is 4.90 Å². The molecule has 0 aliphatic carbocycles. The van der Waals surface area contributed by atoms with Crippen LogP contribution in [0.25, 0.3) is 0 Å². The van der Waals surface area contributed by atoms with E-state index in [-0.39, 0.29) is 24.5 Å². The maximum Gasteiger partial charge on any atom is 0.243 e. The van der Waals surface area contributed by atoms with E-state index in [4.69, 9.17) is 5.73 Å². The molecular weight excluding hydrogens is 291 g/mol. The van der Waals surface area contributed by atoms with Crippen molar-refractivity contribution < 1.29 is 12.8 Å². The van der Waals surface area contributed by atoms with Crippen LogP contribution in [0.5, 0.6) is 0 Å². The molecule has 112 valence electrons. The number of nitrogens with zero attached hydrogens (tertiary/aromatic N) is 1. The molecule has 6 heteroatoms. The van der Waals surface area contributed by atoms with E-state index in [2.05, 4.69) is 0 Å². The minimum absolute atomic E-state index is 0.0631. The van der Waals surface area contributed by atoms with Gasteiger partial charge in [-0.1, -0.05) is 36.4 Å². The Morgan fingerprint density at radius 1 is 1.05 bits per heavy atom. The molecule has 0 spiro atoms. The molecule has 2 N–H and O–H groups in total. The fraction of sp³-hybridized carbons (Fsp3) is 0.200. The van der Waals surface area contributed by atoms with Gasteiger partial charge in [-0.15, -0.1) is 0 Å². The van der Waals surface area contributed by atoms with Gasteiger partial charge in [0.1, 0.15) is 5.82 Å². The Balaban J connectivity index is 2.32. The Hall–Kier alpha value is -1.76. The standard InChI is InChI=1S/C15H17FN2O2S/c16-14-7-4-8-15(11-14)21(19,20)18(10-9-17)12-13-5-2-1-3-6-13/h1-8,11H,9-10,12,17H2. The van der Waals surface area contributed by atoms with Gasteiger partial charge in [0.15, 0.2) is 0 Å². The topological polar surface area (TPSA) is 63.4 Å². The van der Waals surface area contributed by atoms with Gasteiger partial charge < -0.3 is 5.73 Å². The molecule has 0 saturated carbocycles. The molecule has 0 heterocycles. The van der Waals surface area contributed by atoms with E-state index in [1.165, 1.54) is 22.5 Å². The number of halogens is 1. The van der Waals surface area contributed by atoms with E-state index in [1.807, 2.05) is 30.3 Å². The van der Waals surface area contributed by atoms with Gasteiger partial charge in [0.2, 0.25) is 10.0 Å². The molecule has 0 atom stereocenters. The lowest BCUT2D eigenvalue weighted by Gasteiger charge is -2.21. The lowest BCUT2D eigenvalue weighted by atomic mass is 10.2. The first-order valence-corrected chi connectivity index (χ1v) is 7.98. The summed E-state index contributed by atoms with van der Waals surface area (Å²) in [6, 6.07) is 14.2. The van der Waals surface area contributed by atoms with Crippen LogP contribution in [-0.4, -0.2) is 25.8 Å².